The number of aldehydes is 1. The first-order valence-electron chi connectivity index (χ1n) is 6.62. The number of carbonyl (C=O) groups is 2. The molecule has 0 N–H and O–H groups in total. The van der Waals surface area contributed by atoms with Crippen LogP contribution in [0.15, 0.2) is 5.38 Å². The summed E-state index contributed by atoms with van der Waals surface area (Å²) >= 11 is 1.55. The van der Waals surface area contributed by atoms with Crippen LogP contribution in [0.3, 0.4) is 0 Å². The number of hydrogen-bond donors (Lipinski definition) is 0. The van der Waals surface area contributed by atoms with Crippen LogP contribution in [0.4, 0.5) is 0 Å². The second-order valence-electron chi connectivity index (χ2n) is 6.04. The van der Waals surface area contributed by atoms with E-state index in [-0.39, 0.29) is 11.3 Å². The van der Waals surface area contributed by atoms with Crippen molar-refractivity contribution in [3.8, 4) is 0 Å². The minimum absolute atomic E-state index is 0.221. The number of likely N-dealkylation sites (tertiary alicyclic amines) is 1. The molecule has 0 unspecified atom stereocenters. The van der Waals surface area contributed by atoms with Gasteiger partial charge < -0.3 is 4.90 Å². The minimum Gasteiger partial charge on any atom is -0.342 e. The zero-order valence-corrected chi connectivity index (χ0v) is 12.5. The molecule has 1 saturated heterocycles. The number of amides is 1. The van der Waals surface area contributed by atoms with Crippen LogP contribution in [0.1, 0.15) is 55.0 Å². The van der Waals surface area contributed by atoms with Gasteiger partial charge in [0.1, 0.15) is 5.69 Å². The topological polar surface area (TPSA) is 50.3 Å². The molecule has 0 saturated carbocycles. The minimum atomic E-state index is -0.307. The molecule has 4 nitrogen and oxygen atoms in total. The lowest BCUT2D eigenvalue weighted by molar-refractivity contribution is -0.140. The smallest absolute Gasteiger partial charge is 0.227 e. The summed E-state index contributed by atoms with van der Waals surface area (Å²) < 4.78 is 0. The highest BCUT2D eigenvalue weighted by atomic mass is 32.1. The zero-order chi connectivity index (χ0) is 14.0. The Morgan fingerprint density at radius 3 is 2.53 bits per heavy atom. The molecular weight excluding hydrogens is 260 g/mol. The SMILES string of the molecule is CC(C)(C)C(=O)N1CCC(c2nc(C=O)cs2)CC1. The van der Waals surface area contributed by atoms with Gasteiger partial charge in [-0.25, -0.2) is 4.98 Å². The molecule has 1 aromatic heterocycles. The quantitative estimate of drug-likeness (QED) is 0.783. The number of hydrogen-bond acceptors (Lipinski definition) is 4. The molecule has 1 aliphatic rings. The van der Waals surface area contributed by atoms with Crippen LogP contribution in [-0.2, 0) is 4.79 Å². The summed E-state index contributed by atoms with van der Waals surface area (Å²) in [5.74, 6) is 0.612. The van der Waals surface area contributed by atoms with Crippen LogP contribution in [0, 0.1) is 5.41 Å². The average Bonchev–Trinajstić information content (AvgIpc) is 2.86. The molecule has 0 aromatic carbocycles. The predicted octanol–water partition coefficient (Wildman–Crippen LogP) is 2.71. The Kier molecular flexibility index (Phi) is 4.04. The monoisotopic (exact) mass is 280 g/mol. The molecule has 1 aliphatic heterocycles. The molecule has 2 heterocycles. The Balaban J connectivity index is 1.96. The van der Waals surface area contributed by atoms with Crippen molar-refractivity contribution in [1.29, 1.82) is 0 Å². The molecule has 104 valence electrons. The van der Waals surface area contributed by atoms with Gasteiger partial charge in [0.2, 0.25) is 5.91 Å². The van der Waals surface area contributed by atoms with Gasteiger partial charge in [0, 0.05) is 29.8 Å². The number of thiazole rings is 1. The summed E-state index contributed by atoms with van der Waals surface area (Å²) in [5, 5.41) is 2.83. The normalized spacial score (nSPS) is 17.5. The predicted molar refractivity (Wildman–Crippen MR) is 75.5 cm³/mol. The van der Waals surface area contributed by atoms with Crippen molar-refractivity contribution >= 4 is 23.5 Å². The molecule has 1 amide bonds. The third-order valence-corrected chi connectivity index (χ3v) is 4.46. The van der Waals surface area contributed by atoms with Crippen molar-refractivity contribution in [3.05, 3.63) is 16.1 Å². The van der Waals surface area contributed by atoms with Gasteiger partial charge in [-0.3, -0.25) is 9.59 Å². The van der Waals surface area contributed by atoms with Gasteiger partial charge >= 0.3 is 0 Å². The Bertz CT molecular complexity index is 468. The molecule has 2 rings (SSSR count). The third kappa shape index (κ3) is 3.21. The van der Waals surface area contributed by atoms with Gasteiger partial charge in [0.15, 0.2) is 6.29 Å². The van der Waals surface area contributed by atoms with E-state index in [9.17, 15) is 9.59 Å². The van der Waals surface area contributed by atoms with Gasteiger partial charge in [-0.15, -0.1) is 11.3 Å². The number of aromatic nitrogens is 1. The molecule has 19 heavy (non-hydrogen) atoms. The molecule has 0 atom stereocenters. The number of nitrogens with zero attached hydrogens (tertiary/aromatic N) is 2. The van der Waals surface area contributed by atoms with E-state index in [4.69, 9.17) is 0 Å². The lowest BCUT2D eigenvalue weighted by atomic mass is 9.91. The standard InChI is InChI=1S/C14H20N2O2S/c1-14(2,3)13(18)16-6-4-10(5-7-16)12-15-11(8-17)9-19-12/h8-10H,4-7H2,1-3H3. The fraction of sp³-hybridized carbons (Fsp3) is 0.643. The number of carbonyl (C=O) groups excluding carboxylic acids is 2. The van der Waals surface area contributed by atoms with Gasteiger partial charge in [-0.2, -0.15) is 0 Å². The third-order valence-electron chi connectivity index (χ3n) is 3.43. The van der Waals surface area contributed by atoms with E-state index < -0.39 is 0 Å². The summed E-state index contributed by atoms with van der Waals surface area (Å²) in [6.45, 7) is 7.45. The molecule has 1 aromatic rings. The van der Waals surface area contributed by atoms with Crippen LogP contribution in [-0.4, -0.2) is 35.2 Å². The van der Waals surface area contributed by atoms with Crippen molar-refractivity contribution in [3.63, 3.8) is 0 Å². The van der Waals surface area contributed by atoms with Crippen molar-refractivity contribution in [1.82, 2.24) is 9.88 Å². The fourth-order valence-corrected chi connectivity index (χ4v) is 3.28. The summed E-state index contributed by atoms with van der Waals surface area (Å²) in [6, 6.07) is 0. The first-order chi connectivity index (χ1) is 8.91. The van der Waals surface area contributed by atoms with Gasteiger partial charge in [-0.1, -0.05) is 20.8 Å². The van der Waals surface area contributed by atoms with Crippen LogP contribution in [0.5, 0.6) is 0 Å². The summed E-state index contributed by atoms with van der Waals surface area (Å²) in [5.41, 5.74) is 0.215. The Morgan fingerprint density at radius 1 is 1.42 bits per heavy atom. The van der Waals surface area contributed by atoms with Crippen LogP contribution < -0.4 is 0 Å². The van der Waals surface area contributed by atoms with E-state index in [0.717, 1.165) is 37.2 Å². The first kappa shape index (κ1) is 14.2. The largest absolute Gasteiger partial charge is 0.342 e. The molecule has 0 aliphatic carbocycles. The van der Waals surface area contributed by atoms with Gasteiger partial charge in [0.25, 0.3) is 0 Å². The van der Waals surface area contributed by atoms with E-state index >= 15 is 0 Å². The molecular formula is C14H20N2O2S. The van der Waals surface area contributed by atoms with E-state index in [1.807, 2.05) is 25.7 Å². The maximum absolute atomic E-state index is 12.2. The summed E-state index contributed by atoms with van der Waals surface area (Å²) in [6.07, 6.45) is 2.67. The van der Waals surface area contributed by atoms with Crippen LogP contribution in [0.2, 0.25) is 0 Å². The lowest BCUT2D eigenvalue weighted by Gasteiger charge is -2.35. The highest BCUT2D eigenvalue weighted by Gasteiger charge is 2.31. The zero-order valence-electron chi connectivity index (χ0n) is 11.7. The summed E-state index contributed by atoms with van der Waals surface area (Å²) in [4.78, 5) is 29.1. The van der Waals surface area contributed by atoms with E-state index in [0.29, 0.717) is 11.6 Å². The molecule has 5 heteroatoms. The van der Waals surface area contributed by atoms with E-state index in [2.05, 4.69) is 4.98 Å². The highest BCUT2D eigenvalue weighted by molar-refractivity contribution is 7.09. The number of rotatable bonds is 2. The van der Waals surface area contributed by atoms with E-state index in [1.165, 1.54) is 0 Å². The maximum Gasteiger partial charge on any atom is 0.227 e. The Hall–Kier alpha value is -1.23. The lowest BCUT2D eigenvalue weighted by Crippen LogP contribution is -2.43. The van der Waals surface area contributed by atoms with Crippen molar-refractivity contribution < 1.29 is 9.59 Å². The number of piperidine rings is 1. The average molecular weight is 280 g/mol. The highest BCUT2D eigenvalue weighted by Crippen LogP contribution is 2.31. The molecule has 0 bridgehead atoms. The van der Waals surface area contributed by atoms with Crippen molar-refractivity contribution in [2.24, 2.45) is 5.41 Å². The molecule has 0 radical (unpaired) electrons. The summed E-state index contributed by atoms with van der Waals surface area (Å²) in [7, 11) is 0. The van der Waals surface area contributed by atoms with Crippen LogP contribution >= 0.6 is 11.3 Å². The fourth-order valence-electron chi connectivity index (χ4n) is 2.35. The van der Waals surface area contributed by atoms with Gasteiger partial charge in [0.05, 0.1) is 5.01 Å². The van der Waals surface area contributed by atoms with Crippen molar-refractivity contribution in [2.45, 2.75) is 39.5 Å². The Morgan fingerprint density at radius 2 is 2.05 bits per heavy atom. The van der Waals surface area contributed by atoms with E-state index in [1.54, 1.807) is 16.7 Å². The first-order valence-corrected chi connectivity index (χ1v) is 7.50. The Labute approximate surface area is 117 Å². The molecule has 0 spiro atoms. The maximum atomic E-state index is 12.2. The van der Waals surface area contributed by atoms with Gasteiger partial charge in [-0.05, 0) is 12.8 Å². The van der Waals surface area contributed by atoms with Crippen molar-refractivity contribution in [2.75, 3.05) is 13.1 Å². The van der Waals surface area contributed by atoms with Crippen LogP contribution in [0.25, 0.3) is 0 Å². The second kappa shape index (κ2) is 5.41. The molecule has 1 fully saturated rings. The second-order valence-corrected chi connectivity index (χ2v) is 6.93.